The molecule has 1 atom stereocenters. The molecular weight excluding hydrogens is 460 g/mol. The van der Waals surface area contributed by atoms with Crippen molar-refractivity contribution in [3.8, 4) is 0 Å². The van der Waals surface area contributed by atoms with Crippen LogP contribution in [0.1, 0.15) is 65.3 Å². The van der Waals surface area contributed by atoms with Gasteiger partial charge in [0.15, 0.2) is 0 Å². The molecule has 2 N–H and O–H groups in total. The summed E-state index contributed by atoms with van der Waals surface area (Å²) in [5.41, 5.74) is 2.61. The molecule has 3 amide bonds. The Morgan fingerprint density at radius 2 is 1.89 bits per heavy atom. The Morgan fingerprint density at radius 1 is 1.08 bits per heavy atom. The normalized spacial score (nSPS) is 18.0. The first kappa shape index (κ1) is 22.1. The van der Waals surface area contributed by atoms with Gasteiger partial charge in [-0.3, -0.25) is 33.5 Å². The van der Waals surface area contributed by atoms with Crippen LogP contribution >= 0.6 is 0 Å². The number of hydrogen-bond acceptors (Lipinski definition) is 6. The molecular formula is C26H24N6O4. The monoisotopic (exact) mass is 484 g/mol. The molecule has 1 aromatic carbocycles. The quantitative estimate of drug-likeness (QED) is 0.429. The molecule has 0 bridgehead atoms. The number of nitrogens with one attached hydrogen (secondary N) is 2. The lowest BCUT2D eigenvalue weighted by Crippen LogP contribution is -2.45. The van der Waals surface area contributed by atoms with E-state index in [9.17, 15) is 19.2 Å². The summed E-state index contributed by atoms with van der Waals surface area (Å²) in [5, 5.41) is 5.49. The van der Waals surface area contributed by atoms with Crippen LogP contribution in [0.3, 0.4) is 0 Å². The standard InChI is InChI=1S/C26H24N6O4/c1-13-17(9-8-16-12-27-23(31(13)16)15-6-7-15)24(34)29-19-5-3-4-18-22(19)28-14(2)32(26(18)36)20-10-11-21(33)30-25(20)35/h3-5,8-9,12,15,20H,6-7,10-11H2,1-2H3,(H,29,34)(H,30,33,35). The van der Waals surface area contributed by atoms with Gasteiger partial charge in [-0.1, -0.05) is 6.07 Å². The largest absolute Gasteiger partial charge is 0.320 e. The number of carbonyl (C=O) groups is 3. The number of para-hydroxylation sites is 1. The molecule has 1 saturated heterocycles. The maximum absolute atomic E-state index is 13.4. The Morgan fingerprint density at radius 3 is 2.64 bits per heavy atom. The summed E-state index contributed by atoms with van der Waals surface area (Å²) in [7, 11) is 0. The Balaban J connectivity index is 1.38. The van der Waals surface area contributed by atoms with Crippen molar-refractivity contribution in [3.05, 3.63) is 69.8 Å². The number of rotatable bonds is 4. The van der Waals surface area contributed by atoms with Crippen LogP contribution in [0, 0.1) is 13.8 Å². The van der Waals surface area contributed by atoms with Gasteiger partial charge in [0.1, 0.15) is 23.2 Å². The SMILES string of the molecule is Cc1nc2c(NC(=O)c3ccc4cnc(C5CC5)n4c3C)cccc2c(=O)n1C1CCC(=O)NC1=O. The van der Waals surface area contributed by atoms with E-state index in [4.69, 9.17) is 0 Å². The van der Waals surface area contributed by atoms with Crippen molar-refractivity contribution in [1.82, 2.24) is 24.3 Å². The third-order valence-electron chi connectivity index (χ3n) is 7.03. The fourth-order valence-corrected chi connectivity index (χ4v) is 5.06. The number of piperidine rings is 1. The smallest absolute Gasteiger partial charge is 0.262 e. The van der Waals surface area contributed by atoms with Crippen LogP contribution in [0.15, 0.2) is 41.3 Å². The summed E-state index contributed by atoms with van der Waals surface area (Å²) in [6.45, 7) is 3.54. The number of nitrogens with zero attached hydrogens (tertiary/aromatic N) is 4. The number of carbonyl (C=O) groups excluding carboxylic acids is 3. The molecule has 36 heavy (non-hydrogen) atoms. The van der Waals surface area contributed by atoms with Crippen LogP contribution in [-0.2, 0) is 9.59 Å². The molecule has 182 valence electrons. The van der Waals surface area contributed by atoms with Crippen LogP contribution in [0.2, 0.25) is 0 Å². The van der Waals surface area contributed by atoms with E-state index >= 15 is 0 Å². The van der Waals surface area contributed by atoms with Gasteiger partial charge in [-0.25, -0.2) is 9.97 Å². The lowest BCUT2D eigenvalue weighted by molar-refractivity contribution is -0.135. The third-order valence-corrected chi connectivity index (χ3v) is 7.03. The molecule has 3 aromatic heterocycles. The second-order valence-electron chi connectivity index (χ2n) is 9.44. The lowest BCUT2D eigenvalue weighted by Gasteiger charge is -2.24. The number of amides is 3. The molecule has 1 aliphatic carbocycles. The van der Waals surface area contributed by atoms with Crippen LogP contribution in [-0.4, -0.2) is 36.7 Å². The van der Waals surface area contributed by atoms with E-state index in [2.05, 4.69) is 20.6 Å². The van der Waals surface area contributed by atoms with Gasteiger partial charge < -0.3 is 5.32 Å². The first-order valence-corrected chi connectivity index (χ1v) is 12.0. The molecule has 10 heteroatoms. The van der Waals surface area contributed by atoms with Gasteiger partial charge in [-0.2, -0.15) is 0 Å². The highest BCUT2D eigenvalue weighted by Gasteiger charge is 2.31. The van der Waals surface area contributed by atoms with Crippen molar-refractivity contribution in [2.45, 2.75) is 51.5 Å². The second kappa shape index (κ2) is 8.11. The average Bonchev–Trinajstić information content (AvgIpc) is 3.59. The molecule has 0 radical (unpaired) electrons. The summed E-state index contributed by atoms with van der Waals surface area (Å²) >= 11 is 0. The topological polar surface area (TPSA) is 127 Å². The number of imide groups is 1. The Kier molecular flexibility index (Phi) is 4.99. The minimum Gasteiger partial charge on any atom is -0.320 e. The van der Waals surface area contributed by atoms with Gasteiger partial charge in [-0.05, 0) is 57.4 Å². The summed E-state index contributed by atoms with van der Waals surface area (Å²) < 4.78 is 3.36. The summed E-state index contributed by atoms with van der Waals surface area (Å²) in [6.07, 6.45) is 4.42. The number of pyridine rings is 1. The van der Waals surface area contributed by atoms with E-state index in [-0.39, 0.29) is 30.0 Å². The highest BCUT2D eigenvalue weighted by Crippen LogP contribution is 2.40. The minimum atomic E-state index is -0.810. The zero-order valence-electron chi connectivity index (χ0n) is 19.9. The fraction of sp³-hybridized carbons (Fsp3) is 0.308. The molecule has 4 aromatic rings. The van der Waals surface area contributed by atoms with E-state index in [0.29, 0.717) is 28.5 Å². The molecule has 10 nitrogen and oxygen atoms in total. The maximum atomic E-state index is 13.4. The molecule has 1 unspecified atom stereocenters. The number of benzene rings is 1. The first-order chi connectivity index (χ1) is 17.3. The molecule has 4 heterocycles. The van der Waals surface area contributed by atoms with Crippen molar-refractivity contribution in [2.24, 2.45) is 0 Å². The van der Waals surface area contributed by atoms with Crippen molar-refractivity contribution < 1.29 is 14.4 Å². The average molecular weight is 485 g/mol. The molecule has 2 aliphatic rings. The molecule has 2 fully saturated rings. The fourth-order valence-electron chi connectivity index (χ4n) is 5.06. The second-order valence-corrected chi connectivity index (χ2v) is 9.44. The van der Waals surface area contributed by atoms with Gasteiger partial charge in [0.05, 0.1) is 28.4 Å². The van der Waals surface area contributed by atoms with Crippen molar-refractivity contribution in [1.29, 1.82) is 0 Å². The number of fused-ring (bicyclic) bond motifs is 2. The Bertz CT molecular complexity index is 1660. The molecule has 1 saturated carbocycles. The maximum Gasteiger partial charge on any atom is 0.262 e. The zero-order chi connectivity index (χ0) is 25.1. The van der Waals surface area contributed by atoms with Gasteiger partial charge in [-0.15, -0.1) is 0 Å². The van der Waals surface area contributed by atoms with Crippen molar-refractivity contribution in [3.63, 3.8) is 0 Å². The van der Waals surface area contributed by atoms with E-state index in [1.807, 2.05) is 23.6 Å². The number of aromatic nitrogens is 4. The van der Waals surface area contributed by atoms with E-state index in [1.165, 1.54) is 4.57 Å². The van der Waals surface area contributed by atoms with Crippen LogP contribution in [0.4, 0.5) is 5.69 Å². The van der Waals surface area contributed by atoms with Crippen molar-refractivity contribution in [2.75, 3.05) is 5.32 Å². The number of imidazole rings is 1. The van der Waals surface area contributed by atoms with Crippen LogP contribution in [0.5, 0.6) is 0 Å². The summed E-state index contributed by atoms with van der Waals surface area (Å²) in [5.74, 6) is 0.557. The van der Waals surface area contributed by atoms with E-state index in [0.717, 1.165) is 29.9 Å². The van der Waals surface area contributed by atoms with E-state index < -0.39 is 17.5 Å². The summed E-state index contributed by atoms with van der Waals surface area (Å²) in [6, 6.07) is 7.83. The van der Waals surface area contributed by atoms with Gasteiger partial charge in [0.2, 0.25) is 11.8 Å². The zero-order valence-corrected chi connectivity index (χ0v) is 19.9. The van der Waals surface area contributed by atoms with Gasteiger partial charge in [0.25, 0.3) is 11.5 Å². The first-order valence-electron chi connectivity index (χ1n) is 12.0. The van der Waals surface area contributed by atoms with Crippen LogP contribution < -0.4 is 16.2 Å². The predicted molar refractivity (Wildman–Crippen MR) is 132 cm³/mol. The minimum absolute atomic E-state index is 0.152. The Hall–Kier alpha value is -4.34. The van der Waals surface area contributed by atoms with Gasteiger partial charge in [0, 0.05) is 18.0 Å². The number of aryl methyl sites for hydroxylation is 2. The van der Waals surface area contributed by atoms with Gasteiger partial charge >= 0.3 is 0 Å². The Labute approximate surface area is 205 Å². The van der Waals surface area contributed by atoms with E-state index in [1.54, 1.807) is 31.2 Å². The number of hydrogen-bond donors (Lipinski definition) is 2. The lowest BCUT2D eigenvalue weighted by atomic mass is 10.1. The summed E-state index contributed by atoms with van der Waals surface area (Å²) in [4.78, 5) is 59.9. The molecule has 1 aliphatic heterocycles. The third kappa shape index (κ3) is 3.48. The molecule has 0 spiro atoms. The predicted octanol–water partition coefficient (Wildman–Crippen LogP) is 2.77. The highest BCUT2D eigenvalue weighted by atomic mass is 16.2. The highest BCUT2D eigenvalue weighted by molar-refractivity contribution is 6.09. The molecule has 6 rings (SSSR count). The number of anilines is 1. The van der Waals surface area contributed by atoms with Crippen molar-refractivity contribution >= 4 is 39.8 Å². The van der Waals surface area contributed by atoms with Crippen LogP contribution in [0.25, 0.3) is 16.4 Å².